The fourth-order valence-electron chi connectivity index (χ4n) is 1.73. The van der Waals surface area contributed by atoms with Crippen LogP contribution in [0.1, 0.15) is 30.6 Å². The van der Waals surface area contributed by atoms with E-state index >= 15 is 0 Å². The van der Waals surface area contributed by atoms with Crippen LogP contribution in [0.15, 0.2) is 18.2 Å². The van der Waals surface area contributed by atoms with Gasteiger partial charge in [-0.1, -0.05) is 0 Å². The summed E-state index contributed by atoms with van der Waals surface area (Å²) in [5, 5.41) is 11.8. The highest BCUT2D eigenvalue weighted by Crippen LogP contribution is 2.23. The van der Waals surface area contributed by atoms with Gasteiger partial charge in [-0.05, 0) is 45.0 Å². The zero-order valence-corrected chi connectivity index (χ0v) is 11.5. The maximum atomic E-state index is 12.1. The number of benzene rings is 1. The van der Waals surface area contributed by atoms with Crippen LogP contribution in [0.2, 0.25) is 0 Å². The van der Waals surface area contributed by atoms with Crippen LogP contribution in [0.25, 0.3) is 0 Å². The number of carbonyl (C=O) groups is 1. The predicted molar refractivity (Wildman–Crippen MR) is 75.5 cm³/mol. The van der Waals surface area contributed by atoms with Gasteiger partial charge in [0.2, 0.25) is 0 Å². The number of ether oxygens (including phenoxy) is 1. The smallest absolute Gasteiger partial charge is 0.179 e. The molecule has 0 saturated heterocycles. The third-order valence-corrected chi connectivity index (χ3v) is 2.77. The summed E-state index contributed by atoms with van der Waals surface area (Å²) in [7, 11) is 0. The molecule has 0 bridgehead atoms. The summed E-state index contributed by atoms with van der Waals surface area (Å²) >= 11 is 0. The van der Waals surface area contributed by atoms with E-state index in [1.807, 2.05) is 6.92 Å². The zero-order chi connectivity index (χ0) is 14.3. The number of nitrogens with one attached hydrogen (secondary N) is 1. The standard InChI is InChI=1S/C14H22N2O3/c1-3-19-13-6-5-11(9-12(13)15)14(18)10(2)16-7-4-8-17/h5-6,9-10,16-17H,3-4,7-8,15H2,1-2H3. The third kappa shape index (κ3) is 4.54. The fraction of sp³-hybridized carbons (Fsp3) is 0.500. The van der Waals surface area contributed by atoms with E-state index < -0.39 is 0 Å². The molecule has 0 heterocycles. The Balaban J connectivity index is 2.68. The molecule has 1 aromatic carbocycles. The van der Waals surface area contributed by atoms with Crippen LogP contribution >= 0.6 is 0 Å². The lowest BCUT2D eigenvalue weighted by atomic mass is 10.0. The molecule has 1 aromatic rings. The summed E-state index contributed by atoms with van der Waals surface area (Å²) < 4.78 is 5.33. The molecule has 19 heavy (non-hydrogen) atoms. The molecule has 5 nitrogen and oxygen atoms in total. The molecule has 0 aliphatic carbocycles. The molecule has 5 heteroatoms. The maximum absolute atomic E-state index is 12.1. The van der Waals surface area contributed by atoms with Crippen molar-refractivity contribution in [2.45, 2.75) is 26.3 Å². The van der Waals surface area contributed by atoms with E-state index in [0.717, 1.165) is 0 Å². The summed E-state index contributed by atoms with van der Waals surface area (Å²) in [6.45, 7) is 4.94. The zero-order valence-electron chi connectivity index (χ0n) is 11.5. The first-order valence-electron chi connectivity index (χ1n) is 6.51. The highest BCUT2D eigenvalue weighted by molar-refractivity contribution is 6.00. The van der Waals surface area contributed by atoms with E-state index in [1.54, 1.807) is 25.1 Å². The van der Waals surface area contributed by atoms with Crippen molar-refractivity contribution in [2.24, 2.45) is 0 Å². The number of hydrogen-bond acceptors (Lipinski definition) is 5. The van der Waals surface area contributed by atoms with E-state index in [9.17, 15) is 4.79 Å². The molecular formula is C14H22N2O3. The first kappa shape index (κ1) is 15.5. The molecule has 4 N–H and O–H groups in total. The summed E-state index contributed by atoms with van der Waals surface area (Å²) in [4.78, 5) is 12.1. The van der Waals surface area contributed by atoms with Crippen molar-refractivity contribution in [3.8, 4) is 5.75 Å². The van der Waals surface area contributed by atoms with Crippen molar-refractivity contribution in [3.05, 3.63) is 23.8 Å². The van der Waals surface area contributed by atoms with Crippen LogP contribution in [0, 0.1) is 0 Å². The average Bonchev–Trinajstić information content (AvgIpc) is 2.40. The molecule has 0 fully saturated rings. The highest BCUT2D eigenvalue weighted by atomic mass is 16.5. The SMILES string of the molecule is CCOc1ccc(C(=O)C(C)NCCCO)cc1N. The largest absolute Gasteiger partial charge is 0.492 e. The van der Waals surface area contributed by atoms with Gasteiger partial charge in [0, 0.05) is 12.2 Å². The van der Waals surface area contributed by atoms with Gasteiger partial charge in [0.15, 0.2) is 5.78 Å². The minimum atomic E-state index is -0.302. The number of hydrogen-bond donors (Lipinski definition) is 3. The van der Waals surface area contributed by atoms with Crippen molar-refractivity contribution in [2.75, 3.05) is 25.5 Å². The molecule has 0 amide bonds. The molecule has 1 unspecified atom stereocenters. The minimum absolute atomic E-state index is 0.0207. The highest BCUT2D eigenvalue weighted by Gasteiger charge is 2.15. The maximum Gasteiger partial charge on any atom is 0.179 e. The molecule has 0 aromatic heterocycles. The van der Waals surface area contributed by atoms with Crippen molar-refractivity contribution < 1.29 is 14.6 Å². The van der Waals surface area contributed by atoms with E-state index in [0.29, 0.717) is 36.6 Å². The lowest BCUT2D eigenvalue weighted by molar-refractivity contribution is 0.0950. The Hall–Kier alpha value is -1.59. The van der Waals surface area contributed by atoms with Gasteiger partial charge >= 0.3 is 0 Å². The normalized spacial score (nSPS) is 12.2. The van der Waals surface area contributed by atoms with Crippen molar-refractivity contribution >= 4 is 11.5 Å². The van der Waals surface area contributed by atoms with Crippen molar-refractivity contribution in [1.29, 1.82) is 0 Å². The van der Waals surface area contributed by atoms with Crippen LogP contribution in [0.3, 0.4) is 0 Å². The topological polar surface area (TPSA) is 84.6 Å². The molecule has 0 aliphatic heterocycles. The van der Waals surface area contributed by atoms with E-state index in [-0.39, 0.29) is 18.4 Å². The minimum Gasteiger partial charge on any atom is -0.492 e. The van der Waals surface area contributed by atoms with Crippen LogP contribution in [-0.4, -0.2) is 36.7 Å². The Kier molecular flexibility index (Phi) is 6.32. The second-order valence-electron chi connectivity index (χ2n) is 4.30. The van der Waals surface area contributed by atoms with Gasteiger partial charge in [-0.3, -0.25) is 4.79 Å². The molecule has 0 saturated carbocycles. The first-order valence-corrected chi connectivity index (χ1v) is 6.51. The van der Waals surface area contributed by atoms with Gasteiger partial charge in [-0.25, -0.2) is 0 Å². The third-order valence-electron chi connectivity index (χ3n) is 2.77. The number of carbonyl (C=O) groups excluding carboxylic acids is 1. The number of aliphatic hydroxyl groups is 1. The predicted octanol–water partition coefficient (Wildman–Crippen LogP) is 1.21. The summed E-state index contributed by atoms with van der Waals surface area (Å²) in [5.74, 6) is 0.577. The van der Waals surface area contributed by atoms with Gasteiger partial charge < -0.3 is 20.9 Å². The summed E-state index contributed by atoms with van der Waals surface area (Å²) in [5.41, 5.74) is 6.86. The molecular weight excluding hydrogens is 244 g/mol. The average molecular weight is 266 g/mol. The number of rotatable bonds is 8. The molecule has 0 spiro atoms. The van der Waals surface area contributed by atoms with Crippen LogP contribution in [-0.2, 0) is 0 Å². The molecule has 0 aliphatic rings. The molecule has 1 rings (SSSR count). The number of nitrogen functional groups attached to an aromatic ring is 1. The Bertz CT molecular complexity index is 421. The van der Waals surface area contributed by atoms with Crippen molar-refractivity contribution in [3.63, 3.8) is 0 Å². The van der Waals surface area contributed by atoms with E-state index in [4.69, 9.17) is 15.6 Å². The Morgan fingerprint density at radius 3 is 2.84 bits per heavy atom. The second kappa shape index (κ2) is 7.76. The van der Waals surface area contributed by atoms with Crippen molar-refractivity contribution in [1.82, 2.24) is 5.32 Å². The van der Waals surface area contributed by atoms with Gasteiger partial charge in [-0.15, -0.1) is 0 Å². The Morgan fingerprint density at radius 2 is 2.26 bits per heavy atom. The van der Waals surface area contributed by atoms with E-state index in [1.165, 1.54) is 0 Å². The number of Topliss-reactive ketones (excluding diaryl/α,β-unsaturated/α-hetero) is 1. The summed E-state index contributed by atoms with van der Waals surface area (Å²) in [6, 6.07) is 4.77. The van der Waals surface area contributed by atoms with Crippen LogP contribution in [0.4, 0.5) is 5.69 Å². The monoisotopic (exact) mass is 266 g/mol. The Morgan fingerprint density at radius 1 is 1.53 bits per heavy atom. The number of anilines is 1. The molecule has 1 atom stereocenters. The quantitative estimate of drug-likeness (QED) is 0.374. The van der Waals surface area contributed by atoms with Crippen LogP contribution < -0.4 is 15.8 Å². The second-order valence-corrected chi connectivity index (χ2v) is 4.30. The number of nitrogens with two attached hydrogens (primary N) is 1. The lowest BCUT2D eigenvalue weighted by Gasteiger charge is -2.13. The lowest BCUT2D eigenvalue weighted by Crippen LogP contribution is -2.35. The summed E-state index contributed by atoms with van der Waals surface area (Å²) in [6.07, 6.45) is 0.628. The molecule has 106 valence electrons. The van der Waals surface area contributed by atoms with Crippen LogP contribution in [0.5, 0.6) is 5.75 Å². The van der Waals surface area contributed by atoms with Gasteiger partial charge in [-0.2, -0.15) is 0 Å². The number of aliphatic hydroxyl groups excluding tert-OH is 1. The Labute approximate surface area is 113 Å². The van der Waals surface area contributed by atoms with Gasteiger partial charge in [0.1, 0.15) is 5.75 Å². The van der Waals surface area contributed by atoms with Gasteiger partial charge in [0.25, 0.3) is 0 Å². The molecule has 0 radical (unpaired) electrons. The van der Waals surface area contributed by atoms with Gasteiger partial charge in [0.05, 0.1) is 18.3 Å². The number of ketones is 1. The first-order chi connectivity index (χ1) is 9.10. The van der Waals surface area contributed by atoms with E-state index in [2.05, 4.69) is 5.32 Å². The fourth-order valence-corrected chi connectivity index (χ4v) is 1.73.